The second kappa shape index (κ2) is 3.53. The van der Waals surface area contributed by atoms with E-state index in [1.54, 1.807) is 12.1 Å². The van der Waals surface area contributed by atoms with E-state index in [-0.39, 0.29) is 5.56 Å². The lowest BCUT2D eigenvalue weighted by Crippen LogP contribution is -2.11. The Morgan fingerprint density at radius 2 is 2.21 bits per heavy atom. The number of carbonyl (C=O) groups is 1. The van der Waals surface area contributed by atoms with Gasteiger partial charge < -0.3 is 5.11 Å². The number of fused-ring (bicyclic) bond motifs is 1. The van der Waals surface area contributed by atoms with Crippen LogP contribution in [0.1, 0.15) is 22.3 Å². The SMILES string of the molecule is O=C(O)c1ccc2c(c1)S(=O)CCC2. The van der Waals surface area contributed by atoms with E-state index in [1.807, 2.05) is 0 Å². The Kier molecular flexibility index (Phi) is 2.37. The van der Waals surface area contributed by atoms with Crippen LogP contribution in [-0.2, 0) is 17.2 Å². The highest BCUT2D eigenvalue weighted by atomic mass is 32.2. The summed E-state index contributed by atoms with van der Waals surface area (Å²) in [6, 6.07) is 4.88. The number of hydrogen-bond acceptors (Lipinski definition) is 2. The minimum Gasteiger partial charge on any atom is -0.478 e. The van der Waals surface area contributed by atoms with Gasteiger partial charge >= 0.3 is 5.97 Å². The van der Waals surface area contributed by atoms with E-state index in [9.17, 15) is 9.00 Å². The first-order valence-corrected chi connectivity index (χ1v) is 5.75. The average Bonchev–Trinajstić information content (AvgIpc) is 2.18. The maximum atomic E-state index is 11.6. The standard InChI is InChI=1S/C10H10O3S/c11-10(12)8-4-3-7-2-1-5-14(13)9(7)6-8/h3-4,6H,1-2,5H2,(H,11,12). The molecular formula is C10H10O3S. The molecular weight excluding hydrogens is 200 g/mol. The summed E-state index contributed by atoms with van der Waals surface area (Å²) < 4.78 is 11.6. The van der Waals surface area contributed by atoms with Crippen LogP contribution in [0.15, 0.2) is 23.1 Å². The first-order chi connectivity index (χ1) is 6.68. The first kappa shape index (κ1) is 9.40. The lowest BCUT2D eigenvalue weighted by molar-refractivity contribution is 0.0696. The Morgan fingerprint density at radius 1 is 1.43 bits per heavy atom. The summed E-state index contributed by atoms with van der Waals surface area (Å²) in [4.78, 5) is 11.4. The fourth-order valence-corrected chi connectivity index (χ4v) is 2.96. The lowest BCUT2D eigenvalue weighted by Gasteiger charge is -2.14. The number of hydrogen-bond donors (Lipinski definition) is 1. The Labute approximate surface area is 84.2 Å². The van der Waals surface area contributed by atoms with Crippen molar-refractivity contribution in [3.63, 3.8) is 0 Å². The van der Waals surface area contributed by atoms with Crippen molar-refractivity contribution in [1.82, 2.24) is 0 Å². The molecule has 2 rings (SSSR count). The van der Waals surface area contributed by atoms with Gasteiger partial charge in [0.2, 0.25) is 0 Å². The van der Waals surface area contributed by atoms with Crippen molar-refractivity contribution in [3.8, 4) is 0 Å². The Bertz CT molecular complexity index is 412. The molecule has 74 valence electrons. The molecule has 0 aliphatic carbocycles. The van der Waals surface area contributed by atoms with Crippen molar-refractivity contribution in [2.75, 3.05) is 5.75 Å². The van der Waals surface area contributed by atoms with Gasteiger partial charge in [-0.2, -0.15) is 0 Å². The van der Waals surface area contributed by atoms with Crippen LogP contribution in [0, 0.1) is 0 Å². The summed E-state index contributed by atoms with van der Waals surface area (Å²) in [5, 5.41) is 8.77. The third-order valence-electron chi connectivity index (χ3n) is 2.34. The molecule has 1 aliphatic rings. The number of carboxylic acid groups (broad SMARTS) is 1. The minimum absolute atomic E-state index is 0.221. The van der Waals surface area contributed by atoms with Crippen molar-refractivity contribution in [3.05, 3.63) is 29.3 Å². The highest BCUT2D eigenvalue weighted by Crippen LogP contribution is 2.23. The van der Waals surface area contributed by atoms with Crippen LogP contribution in [0.3, 0.4) is 0 Å². The predicted octanol–water partition coefficient (Wildman–Crippen LogP) is 1.44. The van der Waals surface area contributed by atoms with Gasteiger partial charge in [-0.05, 0) is 30.5 Å². The smallest absolute Gasteiger partial charge is 0.335 e. The number of carboxylic acids is 1. The molecule has 14 heavy (non-hydrogen) atoms. The van der Waals surface area contributed by atoms with Gasteiger partial charge in [-0.1, -0.05) is 6.07 Å². The lowest BCUT2D eigenvalue weighted by atomic mass is 10.1. The zero-order chi connectivity index (χ0) is 10.1. The number of benzene rings is 1. The zero-order valence-electron chi connectivity index (χ0n) is 7.53. The van der Waals surface area contributed by atoms with Gasteiger partial charge in [0.25, 0.3) is 0 Å². The topological polar surface area (TPSA) is 54.4 Å². The minimum atomic E-state index is -1.01. The van der Waals surface area contributed by atoms with Crippen molar-refractivity contribution in [2.45, 2.75) is 17.7 Å². The maximum absolute atomic E-state index is 11.6. The fourth-order valence-electron chi connectivity index (χ4n) is 1.61. The van der Waals surface area contributed by atoms with Crippen LogP contribution in [0.2, 0.25) is 0 Å². The summed E-state index contributed by atoms with van der Waals surface area (Å²) in [7, 11) is -1.01. The van der Waals surface area contributed by atoms with Gasteiger partial charge in [0.05, 0.1) is 16.4 Å². The van der Waals surface area contributed by atoms with Gasteiger partial charge in [0.15, 0.2) is 0 Å². The van der Waals surface area contributed by atoms with Crippen LogP contribution in [0.5, 0.6) is 0 Å². The summed E-state index contributed by atoms with van der Waals surface area (Å²) in [5.74, 6) is -0.314. The molecule has 0 saturated heterocycles. The van der Waals surface area contributed by atoms with Gasteiger partial charge in [0.1, 0.15) is 0 Å². The molecule has 0 fully saturated rings. The molecule has 3 nitrogen and oxygen atoms in total. The molecule has 1 unspecified atom stereocenters. The van der Waals surface area contributed by atoms with Crippen LogP contribution in [0.4, 0.5) is 0 Å². The summed E-state index contributed by atoms with van der Waals surface area (Å²) >= 11 is 0. The summed E-state index contributed by atoms with van der Waals surface area (Å²) in [6.07, 6.45) is 1.83. The molecule has 1 aliphatic heterocycles. The Morgan fingerprint density at radius 3 is 2.93 bits per heavy atom. The molecule has 0 saturated carbocycles. The monoisotopic (exact) mass is 210 g/mol. The molecule has 1 atom stereocenters. The van der Waals surface area contributed by atoms with Crippen molar-refractivity contribution in [2.24, 2.45) is 0 Å². The van der Waals surface area contributed by atoms with Crippen LogP contribution in [0.25, 0.3) is 0 Å². The average molecular weight is 210 g/mol. The van der Waals surface area contributed by atoms with E-state index in [0.29, 0.717) is 10.6 Å². The summed E-state index contributed by atoms with van der Waals surface area (Å²) in [6.45, 7) is 0. The quantitative estimate of drug-likeness (QED) is 0.763. The molecule has 0 amide bonds. The van der Waals surface area contributed by atoms with E-state index in [2.05, 4.69) is 0 Å². The number of rotatable bonds is 1. The van der Waals surface area contributed by atoms with Crippen LogP contribution < -0.4 is 0 Å². The zero-order valence-corrected chi connectivity index (χ0v) is 8.34. The van der Waals surface area contributed by atoms with Gasteiger partial charge in [-0.15, -0.1) is 0 Å². The third kappa shape index (κ3) is 1.57. The van der Waals surface area contributed by atoms with E-state index in [0.717, 1.165) is 18.4 Å². The van der Waals surface area contributed by atoms with E-state index < -0.39 is 16.8 Å². The van der Waals surface area contributed by atoms with Gasteiger partial charge in [-0.25, -0.2) is 4.79 Å². The molecule has 0 bridgehead atoms. The van der Waals surface area contributed by atoms with Crippen molar-refractivity contribution in [1.29, 1.82) is 0 Å². The molecule has 0 aromatic heterocycles. The van der Waals surface area contributed by atoms with Crippen molar-refractivity contribution < 1.29 is 14.1 Å². The normalized spacial score (nSPS) is 20.1. The predicted molar refractivity (Wildman–Crippen MR) is 53.0 cm³/mol. The molecule has 1 aromatic rings. The number of aryl methyl sites for hydroxylation is 1. The van der Waals surface area contributed by atoms with Crippen LogP contribution in [-0.4, -0.2) is 21.0 Å². The van der Waals surface area contributed by atoms with E-state index >= 15 is 0 Å². The second-order valence-electron chi connectivity index (χ2n) is 3.28. The summed E-state index contributed by atoms with van der Waals surface area (Å²) in [5.41, 5.74) is 1.25. The van der Waals surface area contributed by atoms with E-state index in [1.165, 1.54) is 6.07 Å². The number of aromatic carboxylic acids is 1. The first-order valence-electron chi connectivity index (χ1n) is 4.43. The van der Waals surface area contributed by atoms with Gasteiger partial charge in [-0.3, -0.25) is 4.21 Å². The molecule has 1 N–H and O–H groups in total. The van der Waals surface area contributed by atoms with E-state index in [4.69, 9.17) is 5.11 Å². The van der Waals surface area contributed by atoms with Gasteiger partial charge in [0, 0.05) is 10.6 Å². The molecule has 4 heteroatoms. The fraction of sp³-hybridized carbons (Fsp3) is 0.300. The maximum Gasteiger partial charge on any atom is 0.335 e. The highest BCUT2D eigenvalue weighted by Gasteiger charge is 2.17. The third-order valence-corrected chi connectivity index (χ3v) is 3.87. The second-order valence-corrected chi connectivity index (χ2v) is 4.82. The Hall–Kier alpha value is -1.16. The molecule has 1 aromatic carbocycles. The molecule has 1 heterocycles. The molecule has 0 radical (unpaired) electrons. The largest absolute Gasteiger partial charge is 0.478 e. The van der Waals surface area contributed by atoms with Crippen molar-refractivity contribution >= 4 is 16.8 Å². The Balaban J connectivity index is 2.51. The molecule has 0 spiro atoms. The van der Waals surface area contributed by atoms with Crippen LogP contribution >= 0.6 is 0 Å². The highest BCUT2D eigenvalue weighted by molar-refractivity contribution is 7.85.